The highest BCUT2D eigenvalue weighted by molar-refractivity contribution is 7.91. The summed E-state index contributed by atoms with van der Waals surface area (Å²) in [5.41, 5.74) is 3.54. The fourth-order valence-electron chi connectivity index (χ4n) is 13.8. The molecule has 1 aliphatic heterocycles. The van der Waals surface area contributed by atoms with Gasteiger partial charge in [0.15, 0.2) is 15.8 Å². The third-order valence-electron chi connectivity index (χ3n) is 16.7. The summed E-state index contributed by atoms with van der Waals surface area (Å²) in [6, 6.07) is 0. The Bertz CT molecular complexity index is 1480. The molecule has 0 bridgehead atoms. The minimum absolute atomic E-state index is 0.00525. The molecule has 0 aromatic carbocycles. The fraction of sp³-hybridized carbons (Fsp3) is 0.854. The molecule has 9 atom stereocenters. The van der Waals surface area contributed by atoms with Crippen molar-refractivity contribution >= 4 is 21.8 Å². The van der Waals surface area contributed by atoms with Gasteiger partial charge < -0.3 is 20.4 Å². The lowest BCUT2D eigenvalue weighted by Gasteiger charge is -2.72. The predicted octanol–water partition coefficient (Wildman–Crippen LogP) is 7.21. The number of rotatable bonds is 11. The quantitative estimate of drug-likeness (QED) is 0.152. The van der Waals surface area contributed by atoms with Gasteiger partial charge >= 0.3 is 11.9 Å². The summed E-state index contributed by atoms with van der Waals surface area (Å²) in [7, 11) is -2.87. The summed E-state index contributed by atoms with van der Waals surface area (Å²) in [5, 5.41) is 23.0. The molecule has 9 unspecified atom stereocenters. The van der Waals surface area contributed by atoms with Crippen molar-refractivity contribution in [3.63, 3.8) is 0 Å². The molecule has 50 heavy (non-hydrogen) atoms. The van der Waals surface area contributed by atoms with Crippen LogP contribution < -0.4 is 5.32 Å². The Morgan fingerprint density at radius 2 is 1.62 bits per heavy atom. The molecule has 8 nitrogen and oxygen atoms in total. The molecule has 0 aromatic rings. The number of hydrogen-bond acceptors (Lipinski definition) is 6. The average molecular weight is 715 g/mol. The topological polar surface area (TPSA) is 124 Å². The van der Waals surface area contributed by atoms with Crippen LogP contribution >= 0.6 is 0 Å². The molecule has 1 saturated heterocycles. The number of carbonyl (C=O) groups is 2. The fourth-order valence-corrected chi connectivity index (χ4v) is 15.1. The third kappa shape index (κ3) is 6.15. The highest BCUT2D eigenvalue weighted by atomic mass is 32.2. The highest BCUT2D eigenvalue weighted by Crippen LogP contribution is 2.76. The molecule has 5 aliphatic carbocycles. The first kappa shape index (κ1) is 38.0. The minimum atomic E-state index is -2.87. The number of nitrogens with one attached hydrogen (secondary N) is 1. The first-order valence-electron chi connectivity index (χ1n) is 19.8. The maximum atomic E-state index is 12.0. The van der Waals surface area contributed by atoms with E-state index in [9.17, 15) is 28.2 Å². The number of carboxylic acids is 2. The van der Waals surface area contributed by atoms with Gasteiger partial charge in [0, 0.05) is 31.7 Å². The molecule has 1 heterocycles. The smallest absolute Gasteiger partial charge is 0.317 e. The first-order chi connectivity index (χ1) is 23.3. The molecule has 6 rings (SSSR count). The number of sulfone groups is 1. The van der Waals surface area contributed by atoms with E-state index in [0.29, 0.717) is 49.1 Å². The molecule has 0 amide bonds. The van der Waals surface area contributed by atoms with Gasteiger partial charge in [-0.3, -0.25) is 9.59 Å². The van der Waals surface area contributed by atoms with E-state index < -0.39 is 27.7 Å². The minimum Gasteiger partial charge on any atom is -0.481 e. The molecule has 0 spiro atoms. The van der Waals surface area contributed by atoms with E-state index in [0.717, 1.165) is 25.9 Å². The number of allylic oxidation sites excluding steroid dienone is 3. The summed E-state index contributed by atoms with van der Waals surface area (Å²) < 4.78 is 24.0. The van der Waals surface area contributed by atoms with Crippen molar-refractivity contribution < 1.29 is 28.2 Å². The monoisotopic (exact) mass is 714 g/mol. The van der Waals surface area contributed by atoms with E-state index >= 15 is 0 Å². The second kappa shape index (κ2) is 13.3. The van der Waals surface area contributed by atoms with Gasteiger partial charge in [-0.15, -0.1) is 0 Å². The van der Waals surface area contributed by atoms with Crippen LogP contribution in [0.3, 0.4) is 0 Å². The number of fused-ring (bicyclic) bond motifs is 7. The van der Waals surface area contributed by atoms with Gasteiger partial charge in [-0.05, 0) is 135 Å². The Morgan fingerprint density at radius 1 is 0.940 bits per heavy atom. The van der Waals surface area contributed by atoms with Gasteiger partial charge in [-0.2, -0.15) is 0 Å². The maximum absolute atomic E-state index is 12.0. The molecule has 4 saturated carbocycles. The molecule has 0 aromatic heterocycles. The summed E-state index contributed by atoms with van der Waals surface area (Å²) in [5.74, 6) is -0.284. The van der Waals surface area contributed by atoms with Crippen molar-refractivity contribution in [3.05, 3.63) is 23.8 Å². The molecular formula is C41H66N2O6S. The molecule has 0 radical (unpaired) electrons. The summed E-state index contributed by atoms with van der Waals surface area (Å²) >= 11 is 0. The Balaban J connectivity index is 1.21. The van der Waals surface area contributed by atoms with Crippen LogP contribution in [-0.4, -0.2) is 78.7 Å². The molecule has 282 valence electrons. The average Bonchev–Trinajstić information content (AvgIpc) is 3.41. The molecule has 6 aliphatic rings. The summed E-state index contributed by atoms with van der Waals surface area (Å²) in [4.78, 5) is 25.3. The zero-order chi connectivity index (χ0) is 36.5. The lowest BCUT2D eigenvalue weighted by atomic mass is 9.33. The molecule has 3 N–H and O–H groups in total. The zero-order valence-corrected chi connectivity index (χ0v) is 32.7. The SMILES string of the molecule is C=C(C)C1CCC2(NCCN3CCS(=O)(=O)CC3)CCC3(C)C(CCC4C5(C)CC=C(CCCC(C(=O)O)C(=O)O)C(C)(C)C5CCC43C)C12. The largest absolute Gasteiger partial charge is 0.481 e. The predicted molar refractivity (Wildman–Crippen MR) is 198 cm³/mol. The Hall–Kier alpha value is -1.71. The molecular weight excluding hydrogens is 649 g/mol. The van der Waals surface area contributed by atoms with Crippen LogP contribution in [0.5, 0.6) is 0 Å². The maximum Gasteiger partial charge on any atom is 0.317 e. The first-order valence-corrected chi connectivity index (χ1v) is 21.6. The van der Waals surface area contributed by atoms with Crippen LogP contribution in [0.25, 0.3) is 0 Å². The van der Waals surface area contributed by atoms with Gasteiger partial charge in [0.05, 0.1) is 11.5 Å². The lowest BCUT2D eigenvalue weighted by Crippen LogP contribution is -2.68. The van der Waals surface area contributed by atoms with E-state index in [1.807, 2.05) is 0 Å². The number of hydrogen-bond donors (Lipinski definition) is 3. The Kier molecular flexibility index (Phi) is 10.1. The van der Waals surface area contributed by atoms with Crippen LogP contribution in [0.15, 0.2) is 23.8 Å². The zero-order valence-electron chi connectivity index (χ0n) is 31.9. The lowest BCUT2D eigenvalue weighted by molar-refractivity contribution is -0.221. The third-order valence-corrected chi connectivity index (χ3v) is 18.3. The van der Waals surface area contributed by atoms with E-state index in [1.165, 1.54) is 62.5 Å². The van der Waals surface area contributed by atoms with E-state index in [2.05, 4.69) is 64.4 Å². The van der Waals surface area contributed by atoms with Crippen LogP contribution in [0.4, 0.5) is 0 Å². The molecule has 9 heteroatoms. The Morgan fingerprint density at radius 3 is 2.26 bits per heavy atom. The second-order valence-electron chi connectivity index (χ2n) is 19.0. The van der Waals surface area contributed by atoms with Crippen LogP contribution in [0, 0.1) is 57.2 Å². The van der Waals surface area contributed by atoms with Crippen molar-refractivity contribution in [1.82, 2.24) is 10.2 Å². The van der Waals surface area contributed by atoms with Crippen LogP contribution in [0.2, 0.25) is 0 Å². The van der Waals surface area contributed by atoms with Crippen LogP contribution in [-0.2, 0) is 19.4 Å². The van der Waals surface area contributed by atoms with Crippen molar-refractivity contribution in [2.75, 3.05) is 37.7 Å². The summed E-state index contributed by atoms with van der Waals surface area (Å²) in [6.07, 6.45) is 14.9. The number of nitrogens with zero attached hydrogens (tertiary/aromatic N) is 1. The molecule has 5 fully saturated rings. The highest BCUT2D eigenvalue weighted by Gasteiger charge is 2.70. The van der Waals surface area contributed by atoms with Gasteiger partial charge in [-0.25, -0.2) is 8.42 Å². The van der Waals surface area contributed by atoms with Gasteiger partial charge in [-0.1, -0.05) is 58.4 Å². The number of carboxylic acid groups (broad SMARTS) is 2. The van der Waals surface area contributed by atoms with Gasteiger partial charge in [0.1, 0.15) is 0 Å². The van der Waals surface area contributed by atoms with Crippen molar-refractivity contribution in [1.29, 1.82) is 0 Å². The van der Waals surface area contributed by atoms with Crippen molar-refractivity contribution in [2.45, 2.75) is 124 Å². The standard InChI is InChI=1S/C41H66N2O6S/c1-27(2)29-14-18-41(42-21-22-43-23-25-50(48,49)26-24-43)20-19-39(6)31(34(29)41)11-12-33-38(5)16-13-28(9-8-10-30(35(44)45)36(46)47)37(3,4)32(38)15-17-40(33,39)7/h13,29-34,42H,1,8-12,14-26H2,2-7H3,(H,44,45)(H,46,47). The number of aliphatic carboxylic acids is 2. The normalized spacial score (nSPS) is 42.1. The van der Waals surface area contributed by atoms with E-state index in [1.54, 1.807) is 0 Å². The van der Waals surface area contributed by atoms with E-state index in [4.69, 9.17) is 0 Å². The van der Waals surface area contributed by atoms with E-state index in [-0.39, 0.29) is 45.1 Å². The van der Waals surface area contributed by atoms with Gasteiger partial charge in [0.25, 0.3) is 0 Å². The van der Waals surface area contributed by atoms with Gasteiger partial charge in [0.2, 0.25) is 0 Å². The Labute approximate surface area is 302 Å². The summed E-state index contributed by atoms with van der Waals surface area (Å²) in [6.45, 7) is 22.7. The van der Waals surface area contributed by atoms with Crippen molar-refractivity contribution in [2.24, 2.45) is 57.2 Å². The van der Waals surface area contributed by atoms with Crippen molar-refractivity contribution in [3.8, 4) is 0 Å². The van der Waals surface area contributed by atoms with Crippen LogP contribution in [0.1, 0.15) is 119 Å². The second-order valence-corrected chi connectivity index (χ2v) is 21.3.